The molecule has 4 rings (SSSR count). The van der Waals surface area contributed by atoms with Crippen LogP contribution in [-0.4, -0.2) is 42.1 Å². The Balaban J connectivity index is 1.40. The maximum Gasteiger partial charge on any atom is 0.254 e. The van der Waals surface area contributed by atoms with E-state index in [-0.39, 0.29) is 11.7 Å². The number of piperazine rings is 1. The van der Waals surface area contributed by atoms with Crippen LogP contribution in [0.2, 0.25) is 0 Å². The highest BCUT2D eigenvalue weighted by Crippen LogP contribution is 2.24. The summed E-state index contributed by atoms with van der Waals surface area (Å²) in [7, 11) is 0. The van der Waals surface area contributed by atoms with Crippen molar-refractivity contribution >= 4 is 11.6 Å². The van der Waals surface area contributed by atoms with E-state index in [0.29, 0.717) is 24.4 Å². The number of hydrogen-bond donors (Lipinski definition) is 1. The fraction of sp³-hybridized carbons (Fsp3) is 0.174. The molecule has 0 aromatic heterocycles. The first-order valence-corrected chi connectivity index (χ1v) is 9.35. The molecule has 1 saturated heterocycles. The Labute approximate surface area is 164 Å². The van der Waals surface area contributed by atoms with Gasteiger partial charge in [-0.1, -0.05) is 24.3 Å². The van der Waals surface area contributed by atoms with Crippen LogP contribution in [0.5, 0.6) is 17.2 Å². The molecule has 0 radical (unpaired) electrons. The largest absolute Gasteiger partial charge is 0.508 e. The van der Waals surface area contributed by atoms with Crippen molar-refractivity contribution in [3.63, 3.8) is 0 Å². The number of para-hydroxylation sites is 1. The maximum absolute atomic E-state index is 12.9. The summed E-state index contributed by atoms with van der Waals surface area (Å²) >= 11 is 0. The standard InChI is InChI=1S/C23H22N2O3/c26-20-11-9-19(10-12-20)24-13-15-25(16-14-24)23(27)18-5-4-8-22(17-18)28-21-6-2-1-3-7-21/h1-12,17,26H,13-16H2. The van der Waals surface area contributed by atoms with Crippen LogP contribution >= 0.6 is 0 Å². The molecule has 28 heavy (non-hydrogen) atoms. The summed E-state index contributed by atoms with van der Waals surface area (Å²) in [6.45, 7) is 2.83. The number of phenols is 1. The van der Waals surface area contributed by atoms with E-state index in [2.05, 4.69) is 4.90 Å². The highest BCUT2D eigenvalue weighted by Gasteiger charge is 2.22. The van der Waals surface area contributed by atoms with Gasteiger partial charge in [-0.3, -0.25) is 4.79 Å². The summed E-state index contributed by atoms with van der Waals surface area (Å²) in [5, 5.41) is 9.43. The van der Waals surface area contributed by atoms with Crippen LogP contribution in [0.15, 0.2) is 78.9 Å². The molecule has 1 fully saturated rings. The predicted octanol–water partition coefficient (Wildman–Crippen LogP) is 4.15. The van der Waals surface area contributed by atoms with Gasteiger partial charge in [0.1, 0.15) is 17.2 Å². The van der Waals surface area contributed by atoms with Gasteiger partial charge in [0, 0.05) is 37.4 Å². The molecule has 1 amide bonds. The van der Waals surface area contributed by atoms with Gasteiger partial charge in [-0.15, -0.1) is 0 Å². The maximum atomic E-state index is 12.9. The third-order valence-electron chi connectivity index (χ3n) is 4.84. The van der Waals surface area contributed by atoms with Gasteiger partial charge in [-0.05, 0) is 54.6 Å². The Kier molecular flexibility index (Phi) is 5.15. The Hall–Kier alpha value is -3.47. The number of carbonyl (C=O) groups excluding carboxylic acids is 1. The smallest absolute Gasteiger partial charge is 0.254 e. The number of benzene rings is 3. The van der Waals surface area contributed by atoms with Crippen molar-refractivity contribution in [3.8, 4) is 17.2 Å². The molecule has 3 aromatic carbocycles. The number of carbonyl (C=O) groups is 1. The summed E-state index contributed by atoms with van der Waals surface area (Å²) in [5.41, 5.74) is 1.69. The van der Waals surface area contributed by atoms with Crippen LogP contribution in [0, 0.1) is 0 Å². The van der Waals surface area contributed by atoms with Gasteiger partial charge in [0.15, 0.2) is 0 Å². The SMILES string of the molecule is O=C(c1cccc(Oc2ccccc2)c1)N1CCN(c2ccc(O)cc2)CC1. The van der Waals surface area contributed by atoms with Crippen LogP contribution in [0.4, 0.5) is 5.69 Å². The molecule has 0 spiro atoms. The first-order valence-electron chi connectivity index (χ1n) is 9.35. The molecule has 142 valence electrons. The summed E-state index contributed by atoms with van der Waals surface area (Å²) < 4.78 is 5.84. The molecule has 0 saturated carbocycles. The molecular weight excluding hydrogens is 352 g/mol. The molecule has 1 heterocycles. The lowest BCUT2D eigenvalue weighted by atomic mass is 10.1. The highest BCUT2D eigenvalue weighted by atomic mass is 16.5. The monoisotopic (exact) mass is 374 g/mol. The zero-order valence-electron chi connectivity index (χ0n) is 15.5. The van der Waals surface area contributed by atoms with Gasteiger partial charge in [0.25, 0.3) is 5.91 Å². The molecule has 5 nitrogen and oxygen atoms in total. The second kappa shape index (κ2) is 8.05. The first-order chi connectivity index (χ1) is 13.7. The Morgan fingerprint density at radius 1 is 0.786 bits per heavy atom. The van der Waals surface area contributed by atoms with Gasteiger partial charge < -0.3 is 19.6 Å². The van der Waals surface area contributed by atoms with E-state index < -0.39 is 0 Å². The van der Waals surface area contributed by atoms with Gasteiger partial charge in [0.2, 0.25) is 0 Å². The van der Waals surface area contributed by atoms with Crippen LogP contribution in [0.3, 0.4) is 0 Å². The molecule has 5 heteroatoms. The Bertz CT molecular complexity index is 934. The van der Waals surface area contributed by atoms with Crippen LogP contribution < -0.4 is 9.64 Å². The summed E-state index contributed by atoms with van der Waals surface area (Å²) in [5.74, 6) is 1.67. The Morgan fingerprint density at radius 2 is 1.46 bits per heavy atom. The van der Waals surface area contributed by atoms with E-state index in [1.54, 1.807) is 18.2 Å². The number of nitrogens with zero attached hydrogens (tertiary/aromatic N) is 2. The third-order valence-corrected chi connectivity index (χ3v) is 4.84. The number of aromatic hydroxyl groups is 1. The normalized spacial score (nSPS) is 14.0. The van der Waals surface area contributed by atoms with Crippen LogP contribution in [0.1, 0.15) is 10.4 Å². The number of rotatable bonds is 4. The van der Waals surface area contributed by atoms with Crippen molar-refractivity contribution in [2.24, 2.45) is 0 Å². The molecule has 1 N–H and O–H groups in total. The minimum absolute atomic E-state index is 0.0175. The van der Waals surface area contributed by atoms with E-state index >= 15 is 0 Å². The first kappa shape index (κ1) is 17.9. The predicted molar refractivity (Wildman–Crippen MR) is 109 cm³/mol. The van der Waals surface area contributed by atoms with Crippen LogP contribution in [-0.2, 0) is 0 Å². The molecule has 0 atom stereocenters. The molecule has 1 aliphatic rings. The third kappa shape index (κ3) is 4.09. The van der Waals surface area contributed by atoms with Crippen molar-refractivity contribution in [2.75, 3.05) is 31.1 Å². The minimum atomic E-state index is 0.0175. The van der Waals surface area contributed by atoms with Crippen molar-refractivity contribution in [2.45, 2.75) is 0 Å². The van der Waals surface area contributed by atoms with E-state index in [4.69, 9.17) is 4.74 Å². The fourth-order valence-electron chi connectivity index (χ4n) is 3.33. The molecule has 1 aliphatic heterocycles. The number of hydrogen-bond acceptors (Lipinski definition) is 4. The lowest BCUT2D eigenvalue weighted by Crippen LogP contribution is -2.48. The molecule has 0 bridgehead atoms. The summed E-state index contributed by atoms with van der Waals surface area (Å²) in [6, 6.07) is 24.0. The quantitative estimate of drug-likeness (QED) is 0.745. The topological polar surface area (TPSA) is 53.0 Å². The fourth-order valence-corrected chi connectivity index (χ4v) is 3.33. The number of phenolic OH excluding ortho intramolecular Hbond substituents is 1. The highest BCUT2D eigenvalue weighted by molar-refractivity contribution is 5.94. The number of amides is 1. The number of anilines is 1. The molecular formula is C23H22N2O3. The lowest BCUT2D eigenvalue weighted by Gasteiger charge is -2.36. The molecule has 0 aliphatic carbocycles. The molecule has 0 unspecified atom stereocenters. The van der Waals surface area contributed by atoms with Crippen LogP contribution in [0.25, 0.3) is 0 Å². The van der Waals surface area contributed by atoms with Gasteiger partial charge >= 0.3 is 0 Å². The van der Waals surface area contributed by atoms with E-state index in [0.717, 1.165) is 24.5 Å². The van der Waals surface area contributed by atoms with Gasteiger partial charge in [-0.25, -0.2) is 0 Å². The average molecular weight is 374 g/mol. The second-order valence-corrected chi connectivity index (χ2v) is 6.74. The van der Waals surface area contributed by atoms with E-state index in [1.807, 2.05) is 65.6 Å². The van der Waals surface area contributed by atoms with E-state index in [1.165, 1.54) is 0 Å². The summed E-state index contributed by atoms with van der Waals surface area (Å²) in [4.78, 5) is 17.0. The zero-order chi connectivity index (χ0) is 19.3. The second-order valence-electron chi connectivity index (χ2n) is 6.74. The Morgan fingerprint density at radius 3 is 2.18 bits per heavy atom. The van der Waals surface area contributed by atoms with Crippen molar-refractivity contribution in [1.82, 2.24) is 4.90 Å². The van der Waals surface area contributed by atoms with Crippen molar-refractivity contribution in [1.29, 1.82) is 0 Å². The number of ether oxygens (including phenoxy) is 1. The minimum Gasteiger partial charge on any atom is -0.508 e. The lowest BCUT2D eigenvalue weighted by molar-refractivity contribution is 0.0746. The van der Waals surface area contributed by atoms with Gasteiger partial charge in [0.05, 0.1) is 0 Å². The van der Waals surface area contributed by atoms with Crippen molar-refractivity contribution in [3.05, 3.63) is 84.4 Å². The van der Waals surface area contributed by atoms with Gasteiger partial charge in [-0.2, -0.15) is 0 Å². The summed E-state index contributed by atoms with van der Waals surface area (Å²) in [6.07, 6.45) is 0. The average Bonchev–Trinajstić information content (AvgIpc) is 2.75. The molecule has 3 aromatic rings. The van der Waals surface area contributed by atoms with E-state index in [9.17, 15) is 9.90 Å². The zero-order valence-corrected chi connectivity index (χ0v) is 15.5. The van der Waals surface area contributed by atoms with Crippen molar-refractivity contribution < 1.29 is 14.6 Å².